The van der Waals surface area contributed by atoms with E-state index in [1.54, 1.807) is 10.9 Å². The van der Waals surface area contributed by atoms with E-state index in [0.29, 0.717) is 52.6 Å². The standard InChI is InChI=1S/C26H31N5O2/c1-14(2)20-15(3)7-5-8-17(20)18-9-6-10-19-21(18)26(32)30(4)25-22(27-13-31(19)25)23-28-24(33-29-23)16-11-12-16/h6,9-10,13-17,20H,5,7-8,11-12H2,1-4H3. The molecule has 0 radical (unpaired) electrons. The molecule has 0 N–H and O–H groups in total. The van der Waals surface area contributed by atoms with Crippen LogP contribution in [0.1, 0.15) is 76.2 Å². The predicted octanol–water partition coefficient (Wildman–Crippen LogP) is 5.29. The number of rotatable bonds is 4. The normalized spacial score (nSPS) is 23.7. The smallest absolute Gasteiger partial charge is 0.261 e. The van der Waals surface area contributed by atoms with E-state index < -0.39 is 0 Å². The van der Waals surface area contributed by atoms with Gasteiger partial charge in [0.25, 0.3) is 5.56 Å². The number of imidazole rings is 1. The van der Waals surface area contributed by atoms with Crippen molar-refractivity contribution in [1.29, 1.82) is 0 Å². The summed E-state index contributed by atoms with van der Waals surface area (Å²) in [4.78, 5) is 23.0. The van der Waals surface area contributed by atoms with E-state index in [1.165, 1.54) is 18.4 Å². The Hall–Kier alpha value is -2.96. The molecule has 7 nitrogen and oxygen atoms in total. The lowest BCUT2D eigenvalue weighted by Crippen LogP contribution is -2.31. The fourth-order valence-electron chi connectivity index (χ4n) is 6.31. The number of aromatic nitrogens is 5. The van der Waals surface area contributed by atoms with Crippen molar-refractivity contribution < 1.29 is 4.52 Å². The van der Waals surface area contributed by atoms with Crippen LogP contribution in [0.3, 0.4) is 0 Å². The highest BCUT2D eigenvalue weighted by Gasteiger charge is 2.35. The minimum atomic E-state index is 0.0153. The zero-order valence-corrected chi connectivity index (χ0v) is 19.8. The average Bonchev–Trinajstić information content (AvgIpc) is 3.36. The summed E-state index contributed by atoms with van der Waals surface area (Å²) in [5.41, 5.74) is 3.39. The fourth-order valence-corrected chi connectivity index (χ4v) is 6.31. The van der Waals surface area contributed by atoms with Crippen LogP contribution in [0.5, 0.6) is 0 Å². The molecule has 3 heterocycles. The van der Waals surface area contributed by atoms with Gasteiger partial charge in [0.15, 0.2) is 11.3 Å². The van der Waals surface area contributed by atoms with E-state index in [-0.39, 0.29) is 5.56 Å². The third kappa shape index (κ3) is 3.15. The molecule has 0 saturated heterocycles. The average molecular weight is 446 g/mol. The molecular formula is C26H31N5O2. The monoisotopic (exact) mass is 445 g/mol. The van der Waals surface area contributed by atoms with Crippen molar-refractivity contribution in [2.75, 3.05) is 0 Å². The predicted molar refractivity (Wildman–Crippen MR) is 127 cm³/mol. The van der Waals surface area contributed by atoms with E-state index in [9.17, 15) is 4.79 Å². The van der Waals surface area contributed by atoms with Gasteiger partial charge in [-0.15, -0.1) is 0 Å². The molecule has 2 aliphatic carbocycles. The molecule has 0 amide bonds. The second-order valence-electron chi connectivity index (χ2n) is 10.5. The van der Waals surface area contributed by atoms with E-state index >= 15 is 0 Å². The van der Waals surface area contributed by atoms with Gasteiger partial charge in [-0.25, -0.2) is 4.98 Å². The van der Waals surface area contributed by atoms with Crippen molar-refractivity contribution in [3.8, 4) is 11.5 Å². The van der Waals surface area contributed by atoms with E-state index in [4.69, 9.17) is 4.52 Å². The summed E-state index contributed by atoms with van der Waals surface area (Å²) in [6.07, 6.45) is 7.58. The first-order valence-electron chi connectivity index (χ1n) is 12.3. The van der Waals surface area contributed by atoms with E-state index in [1.807, 2.05) is 17.5 Å². The lowest BCUT2D eigenvalue weighted by Gasteiger charge is -2.40. The Kier molecular flexibility index (Phi) is 4.71. The Labute approximate surface area is 192 Å². The van der Waals surface area contributed by atoms with Crippen LogP contribution in [-0.2, 0) is 7.05 Å². The Morgan fingerprint density at radius 1 is 1.15 bits per heavy atom. The van der Waals surface area contributed by atoms with Crippen molar-refractivity contribution in [2.24, 2.45) is 24.8 Å². The molecule has 0 bridgehead atoms. The van der Waals surface area contributed by atoms with Crippen molar-refractivity contribution >= 4 is 16.6 Å². The second kappa shape index (κ2) is 7.54. The van der Waals surface area contributed by atoms with Gasteiger partial charge in [-0.2, -0.15) is 4.98 Å². The Bertz CT molecular complexity index is 1410. The molecule has 2 saturated carbocycles. The molecule has 0 aliphatic heterocycles. The molecule has 1 aromatic carbocycles. The molecule has 2 fully saturated rings. The van der Waals surface area contributed by atoms with Crippen molar-refractivity contribution in [2.45, 2.75) is 64.7 Å². The topological polar surface area (TPSA) is 78.2 Å². The molecule has 3 aromatic heterocycles. The molecule has 4 aromatic rings. The van der Waals surface area contributed by atoms with Crippen LogP contribution >= 0.6 is 0 Å². The van der Waals surface area contributed by atoms with Gasteiger partial charge >= 0.3 is 0 Å². The van der Waals surface area contributed by atoms with Gasteiger partial charge in [-0.1, -0.05) is 50.9 Å². The lowest BCUT2D eigenvalue weighted by atomic mass is 9.65. The maximum atomic E-state index is 13.8. The zero-order chi connectivity index (χ0) is 22.9. The van der Waals surface area contributed by atoms with Crippen molar-refractivity contribution in [3.63, 3.8) is 0 Å². The van der Waals surface area contributed by atoms with Gasteiger partial charge in [-0.05, 0) is 54.6 Å². The Morgan fingerprint density at radius 2 is 1.97 bits per heavy atom. The van der Waals surface area contributed by atoms with Crippen molar-refractivity contribution in [1.82, 2.24) is 24.1 Å². The number of aryl methyl sites for hydroxylation is 1. The maximum absolute atomic E-state index is 13.8. The first-order valence-corrected chi connectivity index (χ1v) is 12.3. The second-order valence-corrected chi connectivity index (χ2v) is 10.5. The fraction of sp³-hybridized carbons (Fsp3) is 0.538. The Balaban J connectivity index is 1.56. The van der Waals surface area contributed by atoms with Gasteiger partial charge in [0.05, 0.1) is 10.9 Å². The van der Waals surface area contributed by atoms with Crippen LogP contribution in [0.4, 0.5) is 0 Å². The molecule has 3 unspecified atom stereocenters. The number of nitrogens with zero attached hydrogens (tertiary/aromatic N) is 5. The van der Waals surface area contributed by atoms with Crippen LogP contribution in [0.2, 0.25) is 0 Å². The molecule has 7 heteroatoms. The first kappa shape index (κ1) is 20.6. The maximum Gasteiger partial charge on any atom is 0.261 e. The SMILES string of the molecule is CC(C)C1C(C)CCCC1c1cccc2c1c(=O)n(C)c1c(-c3noc(C4CC4)n3)ncn21. The summed E-state index contributed by atoms with van der Waals surface area (Å²) in [6, 6.07) is 6.29. The highest BCUT2D eigenvalue weighted by atomic mass is 16.5. The molecule has 0 spiro atoms. The largest absolute Gasteiger partial charge is 0.339 e. The quantitative estimate of drug-likeness (QED) is 0.426. The highest BCUT2D eigenvalue weighted by Crippen LogP contribution is 2.46. The number of benzene rings is 1. The summed E-state index contributed by atoms with van der Waals surface area (Å²) in [5.74, 6) is 3.69. The number of hydrogen-bond donors (Lipinski definition) is 0. The summed E-state index contributed by atoms with van der Waals surface area (Å²) in [7, 11) is 1.82. The molecule has 172 valence electrons. The Morgan fingerprint density at radius 3 is 2.73 bits per heavy atom. The van der Waals surface area contributed by atoms with Gasteiger partial charge in [0.1, 0.15) is 6.33 Å². The van der Waals surface area contributed by atoms with Gasteiger partial charge < -0.3 is 4.52 Å². The lowest BCUT2D eigenvalue weighted by molar-refractivity contribution is 0.164. The highest BCUT2D eigenvalue weighted by molar-refractivity contribution is 5.87. The minimum Gasteiger partial charge on any atom is -0.339 e. The summed E-state index contributed by atoms with van der Waals surface area (Å²) in [5, 5.41) is 4.99. The third-order valence-electron chi connectivity index (χ3n) is 7.96. The van der Waals surface area contributed by atoms with E-state index in [0.717, 1.165) is 30.2 Å². The molecular weight excluding hydrogens is 414 g/mol. The molecule has 2 aliphatic rings. The van der Waals surface area contributed by atoms with Gasteiger partial charge in [0.2, 0.25) is 11.7 Å². The summed E-state index contributed by atoms with van der Waals surface area (Å²) < 4.78 is 9.18. The summed E-state index contributed by atoms with van der Waals surface area (Å²) >= 11 is 0. The minimum absolute atomic E-state index is 0.0153. The van der Waals surface area contributed by atoms with Crippen molar-refractivity contribution in [3.05, 3.63) is 46.3 Å². The molecule has 6 rings (SSSR count). The van der Waals surface area contributed by atoms with Gasteiger partial charge in [-0.3, -0.25) is 13.8 Å². The number of fused-ring (bicyclic) bond motifs is 3. The first-order chi connectivity index (χ1) is 16.0. The summed E-state index contributed by atoms with van der Waals surface area (Å²) in [6.45, 7) is 7.02. The van der Waals surface area contributed by atoms with Crippen LogP contribution in [-0.4, -0.2) is 24.1 Å². The zero-order valence-electron chi connectivity index (χ0n) is 19.8. The molecule has 33 heavy (non-hydrogen) atoms. The van der Waals surface area contributed by atoms with Crippen LogP contribution in [0.15, 0.2) is 33.8 Å². The third-order valence-corrected chi connectivity index (χ3v) is 7.96. The van der Waals surface area contributed by atoms with Gasteiger partial charge in [0, 0.05) is 13.0 Å². The van der Waals surface area contributed by atoms with Crippen LogP contribution in [0, 0.1) is 17.8 Å². The van der Waals surface area contributed by atoms with Crippen LogP contribution < -0.4 is 5.56 Å². The molecule has 3 atom stereocenters. The van der Waals surface area contributed by atoms with Crippen LogP contribution in [0.25, 0.3) is 28.1 Å². The van der Waals surface area contributed by atoms with E-state index in [2.05, 4.69) is 48.0 Å². The number of hydrogen-bond acceptors (Lipinski definition) is 5.